The van der Waals surface area contributed by atoms with Gasteiger partial charge in [-0.1, -0.05) is 12.8 Å². The monoisotopic (exact) mass is 222 g/mol. The van der Waals surface area contributed by atoms with Gasteiger partial charge in [-0.05, 0) is 39.2 Å². The molecule has 2 rings (SSSR count). The molecule has 1 saturated carbocycles. The smallest absolute Gasteiger partial charge is 0.0951 e. The number of rotatable bonds is 2. The lowest BCUT2D eigenvalue weighted by Crippen LogP contribution is -2.49. The fraction of sp³-hybridized carbons (Fsp3) is 0.923. The molecule has 0 aromatic heterocycles. The number of likely N-dealkylation sites (tertiary alicyclic amines) is 1. The minimum Gasteiger partial charge on any atom is -0.393 e. The zero-order valence-electron chi connectivity index (χ0n) is 10.1. The molecule has 3 heteroatoms. The summed E-state index contributed by atoms with van der Waals surface area (Å²) >= 11 is 0. The van der Waals surface area contributed by atoms with Crippen molar-refractivity contribution in [1.82, 2.24) is 4.90 Å². The Bertz CT molecular complexity index is 274. The lowest BCUT2D eigenvalue weighted by molar-refractivity contribution is 0.0265. The van der Waals surface area contributed by atoms with Crippen molar-refractivity contribution >= 4 is 0 Å². The van der Waals surface area contributed by atoms with Gasteiger partial charge in [0, 0.05) is 12.0 Å². The first-order valence-electron chi connectivity index (χ1n) is 6.57. The van der Waals surface area contributed by atoms with Crippen LogP contribution in [-0.4, -0.2) is 34.7 Å². The number of piperidine rings is 1. The number of hydrogen-bond acceptors (Lipinski definition) is 3. The standard InChI is InChI=1S/C13H22N2O/c1-10(9-14)15-8-3-2-6-12(15)11-5-4-7-13(11)16/h10-13,16H,2-8H2,1H3. The molecule has 16 heavy (non-hydrogen) atoms. The molecule has 1 saturated heterocycles. The molecule has 0 spiro atoms. The number of hydrogen-bond donors (Lipinski definition) is 1. The molecule has 0 bridgehead atoms. The van der Waals surface area contributed by atoms with Crippen LogP contribution in [0.1, 0.15) is 45.4 Å². The average Bonchev–Trinajstić information content (AvgIpc) is 2.74. The summed E-state index contributed by atoms with van der Waals surface area (Å²) in [7, 11) is 0. The van der Waals surface area contributed by atoms with Crippen molar-refractivity contribution in [1.29, 1.82) is 5.26 Å². The molecule has 4 atom stereocenters. The van der Waals surface area contributed by atoms with Crippen LogP contribution >= 0.6 is 0 Å². The fourth-order valence-corrected chi connectivity index (χ4v) is 3.41. The van der Waals surface area contributed by atoms with Crippen LogP contribution in [0.3, 0.4) is 0 Å². The lowest BCUT2D eigenvalue weighted by Gasteiger charge is -2.41. The Morgan fingerprint density at radius 3 is 2.69 bits per heavy atom. The predicted octanol–water partition coefficient (Wildman–Crippen LogP) is 1.91. The van der Waals surface area contributed by atoms with Crippen LogP contribution in [0.4, 0.5) is 0 Å². The van der Waals surface area contributed by atoms with E-state index >= 15 is 0 Å². The second-order valence-corrected chi connectivity index (χ2v) is 5.27. The third kappa shape index (κ3) is 2.23. The molecule has 0 radical (unpaired) electrons. The van der Waals surface area contributed by atoms with E-state index in [4.69, 9.17) is 5.26 Å². The maximum absolute atomic E-state index is 10.0. The Hall–Kier alpha value is -0.590. The summed E-state index contributed by atoms with van der Waals surface area (Å²) in [5, 5.41) is 19.1. The summed E-state index contributed by atoms with van der Waals surface area (Å²) in [6.07, 6.45) is 6.73. The van der Waals surface area contributed by atoms with E-state index in [9.17, 15) is 5.11 Å². The van der Waals surface area contributed by atoms with Crippen molar-refractivity contribution in [3.63, 3.8) is 0 Å². The molecule has 90 valence electrons. The van der Waals surface area contributed by atoms with Crippen molar-refractivity contribution in [2.24, 2.45) is 5.92 Å². The first-order chi connectivity index (χ1) is 7.74. The van der Waals surface area contributed by atoms with Crippen LogP contribution < -0.4 is 0 Å². The summed E-state index contributed by atoms with van der Waals surface area (Å²) in [5.74, 6) is 0.413. The van der Waals surface area contributed by atoms with E-state index in [-0.39, 0.29) is 12.1 Å². The van der Waals surface area contributed by atoms with Gasteiger partial charge < -0.3 is 5.11 Å². The number of aliphatic hydroxyl groups is 1. The topological polar surface area (TPSA) is 47.3 Å². The average molecular weight is 222 g/mol. The first kappa shape index (κ1) is 11.9. The van der Waals surface area contributed by atoms with Gasteiger partial charge in [0.1, 0.15) is 0 Å². The van der Waals surface area contributed by atoms with Crippen LogP contribution in [0.25, 0.3) is 0 Å². The normalized spacial score (nSPS) is 38.2. The van der Waals surface area contributed by atoms with Gasteiger partial charge >= 0.3 is 0 Å². The van der Waals surface area contributed by atoms with Crippen molar-refractivity contribution in [3.8, 4) is 6.07 Å². The van der Waals surface area contributed by atoms with Crippen LogP contribution in [0.5, 0.6) is 0 Å². The maximum atomic E-state index is 10.0. The lowest BCUT2D eigenvalue weighted by atomic mass is 9.87. The second-order valence-electron chi connectivity index (χ2n) is 5.27. The Kier molecular flexibility index (Phi) is 3.83. The molecule has 1 heterocycles. The van der Waals surface area contributed by atoms with E-state index in [2.05, 4.69) is 11.0 Å². The zero-order chi connectivity index (χ0) is 11.5. The second kappa shape index (κ2) is 5.16. The molecule has 1 aliphatic heterocycles. The summed E-state index contributed by atoms with van der Waals surface area (Å²) in [6.45, 7) is 3.02. The zero-order valence-corrected chi connectivity index (χ0v) is 10.1. The van der Waals surface area contributed by atoms with E-state index in [0.717, 1.165) is 32.2 Å². The number of nitrogens with zero attached hydrogens (tertiary/aromatic N) is 2. The van der Waals surface area contributed by atoms with Gasteiger partial charge in [-0.3, -0.25) is 4.90 Å². The Balaban J connectivity index is 2.07. The largest absolute Gasteiger partial charge is 0.393 e. The van der Waals surface area contributed by atoms with E-state index in [1.54, 1.807) is 0 Å². The quantitative estimate of drug-likeness (QED) is 0.776. The number of nitriles is 1. The highest BCUT2D eigenvalue weighted by Crippen LogP contribution is 2.35. The van der Waals surface area contributed by atoms with Crippen molar-refractivity contribution < 1.29 is 5.11 Å². The molecule has 0 aromatic carbocycles. The highest BCUT2D eigenvalue weighted by molar-refractivity contribution is 4.97. The number of aliphatic hydroxyl groups excluding tert-OH is 1. The Morgan fingerprint density at radius 1 is 1.25 bits per heavy atom. The highest BCUT2D eigenvalue weighted by atomic mass is 16.3. The third-order valence-corrected chi connectivity index (χ3v) is 4.30. The van der Waals surface area contributed by atoms with Gasteiger partial charge in [-0.2, -0.15) is 5.26 Å². The minimum atomic E-state index is -0.128. The molecular weight excluding hydrogens is 200 g/mol. The van der Waals surface area contributed by atoms with Gasteiger partial charge in [0.05, 0.1) is 18.2 Å². The molecule has 0 amide bonds. The van der Waals surface area contributed by atoms with Gasteiger partial charge in [-0.25, -0.2) is 0 Å². The third-order valence-electron chi connectivity index (χ3n) is 4.30. The van der Waals surface area contributed by atoms with E-state index < -0.39 is 0 Å². The molecule has 4 unspecified atom stereocenters. The van der Waals surface area contributed by atoms with Crippen LogP contribution in [0, 0.1) is 17.2 Å². The van der Waals surface area contributed by atoms with E-state index in [0.29, 0.717) is 12.0 Å². The predicted molar refractivity (Wildman–Crippen MR) is 62.8 cm³/mol. The van der Waals surface area contributed by atoms with Crippen molar-refractivity contribution in [3.05, 3.63) is 0 Å². The minimum absolute atomic E-state index is 0.00176. The SMILES string of the molecule is CC(C#N)N1CCCCC1C1CCCC1O. The summed E-state index contributed by atoms with van der Waals surface area (Å²) < 4.78 is 0. The van der Waals surface area contributed by atoms with Gasteiger partial charge in [0.2, 0.25) is 0 Å². The van der Waals surface area contributed by atoms with E-state index in [1.165, 1.54) is 12.8 Å². The Morgan fingerprint density at radius 2 is 2.06 bits per heavy atom. The maximum Gasteiger partial charge on any atom is 0.0951 e. The molecule has 1 aliphatic carbocycles. The summed E-state index contributed by atoms with van der Waals surface area (Å²) in [6, 6.07) is 2.79. The molecule has 2 fully saturated rings. The fourth-order valence-electron chi connectivity index (χ4n) is 3.41. The van der Waals surface area contributed by atoms with Crippen molar-refractivity contribution in [2.75, 3.05) is 6.54 Å². The molecule has 2 aliphatic rings. The van der Waals surface area contributed by atoms with Crippen LogP contribution in [0.2, 0.25) is 0 Å². The molecular formula is C13H22N2O. The van der Waals surface area contributed by atoms with Crippen molar-refractivity contribution in [2.45, 2.75) is 63.6 Å². The highest BCUT2D eigenvalue weighted by Gasteiger charge is 2.38. The first-order valence-corrected chi connectivity index (χ1v) is 6.57. The van der Waals surface area contributed by atoms with Gasteiger partial charge in [0.15, 0.2) is 0 Å². The van der Waals surface area contributed by atoms with Crippen LogP contribution in [0.15, 0.2) is 0 Å². The van der Waals surface area contributed by atoms with E-state index in [1.807, 2.05) is 6.92 Å². The summed E-state index contributed by atoms with van der Waals surface area (Å²) in [5.41, 5.74) is 0. The summed E-state index contributed by atoms with van der Waals surface area (Å²) in [4.78, 5) is 2.32. The molecule has 1 N–H and O–H groups in total. The molecule has 3 nitrogen and oxygen atoms in total. The Labute approximate surface area is 98.1 Å². The van der Waals surface area contributed by atoms with Gasteiger partial charge in [0.25, 0.3) is 0 Å². The van der Waals surface area contributed by atoms with Crippen LogP contribution in [-0.2, 0) is 0 Å². The van der Waals surface area contributed by atoms with Gasteiger partial charge in [-0.15, -0.1) is 0 Å². The molecule has 0 aromatic rings.